The molecular weight excluding hydrogens is 370 g/mol. The predicted molar refractivity (Wildman–Crippen MR) is 107 cm³/mol. The van der Waals surface area contributed by atoms with Crippen molar-refractivity contribution in [1.82, 2.24) is 14.4 Å². The Bertz CT molecular complexity index is 1060. The molecule has 150 valence electrons. The number of ether oxygens (including phenoxy) is 1. The number of carbonyl (C=O) groups excluding carboxylic acids is 2. The Morgan fingerprint density at radius 3 is 2.48 bits per heavy atom. The van der Waals surface area contributed by atoms with E-state index in [0.29, 0.717) is 44.2 Å². The maximum Gasteiger partial charge on any atom is 0.289 e. The number of aromatic nitrogens is 1. The van der Waals surface area contributed by atoms with Crippen LogP contribution in [-0.2, 0) is 6.54 Å². The van der Waals surface area contributed by atoms with Crippen molar-refractivity contribution in [3.8, 4) is 5.75 Å². The summed E-state index contributed by atoms with van der Waals surface area (Å²) in [6, 6.07) is 11.3. The highest BCUT2D eigenvalue weighted by Crippen LogP contribution is 2.34. The summed E-state index contributed by atoms with van der Waals surface area (Å²) in [6.07, 6.45) is 2.45. The minimum absolute atomic E-state index is 0.00833. The average molecular weight is 393 g/mol. The van der Waals surface area contributed by atoms with Crippen LogP contribution in [0.5, 0.6) is 5.75 Å². The van der Waals surface area contributed by atoms with Gasteiger partial charge in [-0.3, -0.25) is 9.59 Å². The molecule has 2 amide bonds. The smallest absolute Gasteiger partial charge is 0.289 e. The number of hydrogen-bond donors (Lipinski definition) is 0. The SMILES string of the molecule is CCC1Cn2c(C(=O)N3CCN(C(=O)c4ccco4)CC3)cc3cccc(c32)O1. The minimum Gasteiger partial charge on any atom is -0.486 e. The molecule has 1 saturated heterocycles. The zero-order valence-electron chi connectivity index (χ0n) is 16.3. The second kappa shape index (κ2) is 6.99. The molecule has 2 aliphatic rings. The number of piperazine rings is 1. The van der Waals surface area contributed by atoms with E-state index in [-0.39, 0.29) is 17.9 Å². The Hall–Kier alpha value is -3.22. The highest BCUT2D eigenvalue weighted by Gasteiger charge is 2.31. The minimum atomic E-state index is -0.127. The van der Waals surface area contributed by atoms with Crippen LogP contribution >= 0.6 is 0 Å². The van der Waals surface area contributed by atoms with Gasteiger partial charge < -0.3 is 23.5 Å². The van der Waals surface area contributed by atoms with Crippen molar-refractivity contribution >= 4 is 22.7 Å². The van der Waals surface area contributed by atoms with Crippen LogP contribution in [0.3, 0.4) is 0 Å². The molecule has 1 aromatic carbocycles. The lowest BCUT2D eigenvalue weighted by molar-refractivity contribution is 0.0510. The number of para-hydroxylation sites is 1. The third-order valence-electron chi connectivity index (χ3n) is 5.82. The van der Waals surface area contributed by atoms with E-state index < -0.39 is 0 Å². The molecule has 2 aromatic heterocycles. The first-order valence-corrected chi connectivity index (χ1v) is 10.1. The van der Waals surface area contributed by atoms with Crippen molar-refractivity contribution in [2.75, 3.05) is 26.2 Å². The number of rotatable bonds is 3. The molecule has 0 N–H and O–H groups in total. The summed E-state index contributed by atoms with van der Waals surface area (Å²) in [5.41, 5.74) is 1.69. The fourth-order valence-corrected chi connectivity index (χ4v) is 4.22. The van der Waals surface area contributed by atoms with Crippen LogP contribution in [-0.4, -0.2) is 58.5 Å². The third-order valence-corrected chi connectivity index (χ3v) is 5.82. The first kappa shape index (κ1) is 17.8. The van der Waals surface area contributed by atoms with Gasteiger partial charge in [0.1, 0.15) is 17.5 Å². The van der Waals surface area contributed by atoms with Gasteiger partial charge in [-0.05, 0) is 30.7 Å². The van der Waals surface area contributed by atoms with Crippen molar-refractivity contribution in [3.63, 3.8) is 0 Å². The quantitative estimate of drug-likeness (QED) is 0.686. The van der Waals surface area contributed by atoms with Crippen LogP contribution in [0.25, 0.3) is 10.9 Å². The molecule has 1 fully saturated rings. The highest BCUT2D eigenvalue weighted by molar-refractivity contribution is 6.00. The van der Waals surface area contributed by atoms with E-state index >= 15 is 0 Å². The molecule has 0 saturated carbocycles. The Labute approximate surface area is 168 Å². The molecule has 0 radical (unpaired) electrons. The lowest BCUT2D eigenvalue weighted by Gasteiger charge is -2.35. The van der Waals surface area contributed by atoms with Crippen molar-refractivity contribution in [3.05, 3.63) is 54.1 Å². The summed E-state index contributed by atoms with van der Waals surface area (Å²) in [7, 11) is 0. The van der Waals surface area contributed by atoms with Gasteiger partial charge in [0, 0.05) is 31.6 Å². The zero-order valence-corrected chi connectivity index (χ0v) is 16.3. The van der Waals surface area contributed by atoms with E-state index in [4.69, 9.17) is 9.15 Å². The van der Waals surface area contributed by atoms with E-state index in [9.17, 15) is 9.59 Å². The molecular formula is C22H23N3O4. The fraction of sp³-hybridized carbons (Fsp3) is 0.364. The predicted octanol–water partition coefficient (Wildman–Crippen LogP) is 3.00. The molecule has 1 unspecified atom stereocenters. The van der Waals surface area contributed by atoms with E-state index in [1.165, 1.54) is 6.26 Å². The Balaban J connectivity index is 1.37. The van der Waals surface area contributed by atoms with Gasteiger partial charge in [0.2, 0.25) is 0 Å². The molecule has 2 aliphatic heterocycles. The lowest BCUT2D eigenvalue weighted by atomic mass is 10.2. The molecule has 0 aliphatic carbocycles. The van der Waals surface area contributed by atoms with Crippen LogP contribution in [0.15, 0.2) is 47.1 Å². The summed E-state index contributed by atoms with van der Waals surface area (Å²) >= 11 is 0. The normalized spacial score (nSPS) is 18.7. The van der Waals surface area contributed by atoms with Crippen molar-refractivity contribution in [2.45, 2.75) is 26.0 Å². The maximum absolute atomic E-state index is 13.3. The summed E-state index contributed by atoms with van der Waals surface area (Å²) in [5, 5.41) is 1.02. The summed E-state index contributed by atoms with van der Waals surface area (Å²) in [6.45, 7) is 4.78. The third kappa shape index (κ3) is 2.97. The van der Waals surface area contributed by atoms with Crippen LogP contribution in [0.1, 0.15) is 34.4 Å². The number of hydrogen-bond acceptors (Lipinski definition) is 4. The molecule has 5 rings (SSSR count). The topological polar surface area (TPSA) is 67.9 Å². The number of benzene rings is 1. The van der Waals surface area contributed by atoms with Crippen LogP contribution in [0, 0.1) is 0 Å². The zero-order chi connectivity index (χ0) is 20.0. The fourth-order valence-electron chi connectivity index (χ4n) is 4.22. The Morgan fingerprint density at radius 1 is 1.03 bits per heavy atom. The van der Waals surface area contributed by atoms with Crippen LogP contribution in [0.2, 0.25) is 0 Å². The number of furan rings is 1. The van der Waals surface area contributed by atoms with E-state index in [0.717, 1.165) is 23.1 Å². The van der Waals surface area contributed by atoms with E-state index in [2.05, 4.69) is 11.5 Å². The molecule has 7 nitrogen and oxygen atoms in total. The van der Waals surface area contributed by atoms with Gasteiger partial charge in [0.15, 0.2) is 5.76 Å². The molecule has 0 spiro atoms. The largest absolute Gasteiger partial charge is 0.486 e. The molecule has 4 heterocycles. The van der Waals surface area contributed by atoms with Crippen molar-refractivity contribution < 1.29 is 18.7 Å². The summed E-state index contributed by atoms with van der Waals surface area (Å²) in [5.74, 6) is 1.06. The van der Waals surface area contributed by atoms with Crippen molar-refractivity contribution in [1.29, 1.82) is 0 Å². The van der Waals surface area contributed by atoms with Crippen LogP contribution < -0.4 is 4.74 Å². The number of nitrogens with zero attached hydrogens (tertiary/aromatic N) is 3. The second-order valence-electron chi connectivity index (χ2n) is 7.54. The molecule has 0 bridgehead atoms. The first-order valence-electron chi connectivity index (χ1n) is 10.1. The van der Waals surface area contributed by atoms with Gasteiger partial charge >= 0.3 is 0 Å². The van der Waals surface area contributed by atoms with Gasteiger partial charge in [-0.1, -0.05) is 19.1 Å². The Morgan fingerprint density at radius 2 is 1.79 bits per heavy atom. The summed E-state index contributed by atoms with van der Waals surface area (Å²) in [4.78, 5) is 29.3. The number of carbonyl (C=O) groups is 2. The Kier molecular flexibility index (Phi) is 4.30. The van der Waals surface area contributed by atoms with E-state index in [1.54, 1.807) is 17.0 Å². The summed E-state index contributed by atoms with van der Waals surface area (Å²) < 4.78 is 13.4. The molecule has 3 aromatic rings. The van der Waals surface area contributed by atoms with E-state index in [1.807, 2.05) is 29.2 Å². The van der Waals surface area contributed by atoms with Gasteiger partial charge in [-0.2, -0.15) is 0 Å². The second-order valence-corrected chi connectivity index (χ2v) is 7.54. The van der Waals surface area contributed by atoms with Gasteiger partial charge in [-0.25, -0.2) is 0 Å². The van der Waals surface area contributed by atoms with Gasteiger partial charge in [0.25, 0.3) is 11.8 Å². The maximum atomic E-state index is 13.3. The van der Waals surface area contributed by atoms with Gasteiger partial charge in [-0.15, -0.1) is 0 Å². The molecule has 29 heavy (non-hydrogen) atoms. The lowest BCUT2D eigenvalue weighted by Crippen LogP contribution is -2.51. The monoisotopic (exact) mass is 393 g/mol. The van der Waals surface area contributed by atoms with Crippen LogP contribution in [0.4, 0.5) is 0 Å². The molecule has 1 atom stereocenters. The highest BCUT2D eigenvalue weighted by atomic mass is 16.5. The van der Waals surface area contributed by atoms with Gasteiger partial charge in [0.05, 0.1) is 18.3 Å². The first-order chi connectivity index (χ1) is 14.2. The average Bonchev–Trinajstić information content (AvgIpc) is 3.42. The van der Waals surface area contributed by atoms with Crippen molar-refractivity contribution in [2.24, 2.45) is 0 Å². The standard InChI is InChI=1S/C22H23N3O4/c1-2-16-14-25-17(13-15-5-3-6-18(29-16)20(15)25)21(26)23-8-10-24(11-9-23)22(27)19-7-4-12-28-19/h3-7,12-13,16H,2,8-11,14H2,1H3. The molecule has 7 heteroatoms. The number of amides is 2.